The van der Waals surface area contributed by atoms with Gasteiger partial charge in [0, 0.05) is 5.46 Å². The molecule has 20 heavy (non-hydrogen) atoms. The van der Waals surface area contributed by atoms with Gasteiger partial charge in [0.1, 0.15) is 6.07 Å². The van der Waals surface area contributed by atoms with Crippen LogP contribution in [0.5, 0.6) is 0 Å². The smallest absolute Gasteiger partial charge is 0.399 e. The molecule has 1 saturated heterocycles. The van der Waals surface area contributed by atoms with Crippen LogP contribution in [-0.4, -0.2) is 23.3 Å². The molecule has 1 fully saturated rings. The van der Waals surface area contributed by atoms with Crippen molar-refractivity contribution < 1.29 is 9.31 Å². The van der Waals surface area contributed by atoms with Crippen LogP contribution >= 0.6 is 11.3 Å². The summed E-state index contributed by atoms with van der Waals surface area (Å²) in [5.74, 6) is 0. The summed E-state index contributed by atoms with van der Waals surface area (Å²) in [7, 11) is -0.447. The lowest BCUT2D eigenvalue weighted by Gasteiger charge is -2.32. The van der Waals surface area contributed by atoms with E-state index in [1.807, 2.05) is 45.9 Å². The lowest BCUT2D eigenvalue weighted by atomic mass is 9.78. The maximum atomic E-state index is 9.00. The molecule has 6 heteroatoms. The number of nitrogens with zero attached hydrogens (tertiary/aromatic N) is 2. The van der Waals surface area contributed by atoms with Crippen LogP contribution in [0.25, 0.3) is 10.2 Å². The van der Waals surface area contributed by atoms with Crippen LogP contribution in [0.15, 0.2) is 18.2 Å². The second-order valence-electron chi connectivity index (χ2n) is 5.91. The predicted octanol–water partition coefficient (Wildman–Crippen LogP) is 2.47. The van der Waals surface area contributed by atoms with Crippen LogP contribution in [0.1, 0.15) is 32.7 Å². The molecular formula is C14H15BN2O2S. The van der Waals surface area contributed by atoms with Crippen LogP contribution in [0.3, 0.4) is 0 Å². The van der Waals surface area contributed by atoms with Gasteiger partial charge in [-0.05, 0) is 33.8 Å². The van der Waals surface area contributed by atoms with Gasteiger partial charge < -0.3 is 9.31 Å². The SMILES string of the molecule is CC1(C)OB(c2cccc3sc(C#N)nc23)OC1(C)C. The van der Waals surface area contributed by atoms with E-state index in [4.69, 9.17) is 14.6 Å². The first-order chi connectivity index (χ1) is 9.34. The van der Waals surface area contributed by atoms with Gasteiger partial charge in [0.05, 0.1) is 21.4 Å². The van der Waals surface area contributed by atoms with E-state index in [1.54, 1.807) is 0 Å². The third-order valence-electron chi connectivity index (χ3n) is 4.05. The maximum Gasteiger partial charge on any atom is 0.497 e. The largest absolute Gasteiger partial charge is 0.497 e. The fraction of sp³-hybridized carbons (Fsp3) is 0.429. The standard InChI is InChI=1S/C14H15BN2O2S/c1-13(2)14(3,4)19-15(18-13)9-6-5-7-10-12(9)17-11(8-16)20-10/h5-7H,1-4H3. The van der Waals surface area contributed by atoms with Crippen molar-refractivity contribution in [3.63, 3.8) is 0 Å². The van der Waals surface area contributed by atoms with Gasteiger partial charge >= 0.3 is 7.12 Å². The van der Waals surface area contributed by atoms with Gasteiger partial charge in [0.15, 0.2) is 5.01 Å². The summed E-state index contributed by atoms with van der Waals surface area (Å²) in [6, 6.07) is 7.95. The first kappa shape index (κ1) is 13.6. The van der Waals surface area contributed by atoms with Gasteiger partial charge in [0.25, 0.3) is 0 Å². The predicted molar refractivity (Wildman–Crippen MR) is 80.1 cm³/mol. The summed E-state index contributed by atoms with van der Waals surface area (Å²) >= 11 is 1.39. The summed E-state index contributed by atoms with van der Waals surface area (Å²) in [4.78, 5) is 4.37. The minimum Gasteiger partial charge on any atom is -0.399 e. The quantitative estimate of drug-likeness (QED) is 0.756. The van der Waals surface area contributed by atoms with Gasteiger partial charge in [-0.1, -0.05) is 12.1 Å². The number of nitriles is 1. The van der Waals surface area contributed by atoms with Crippen molar-refractivity contribution in [2.45, 2.75) is 38.9 Å². The molecule has 0 amide bonds. The number of benzene rings is 1. The van der Waals surface area contributed by atoms with E-state index in [9.17, 15) is 0 Å². The summed E-state index contributed by atoms with van der Waals surface area (Å²) in [5.41, 5.74) is 0.924. The molecule has 1 aromatic carbocycles. The van der Waals surface area contributed by atoms with Crippen molar-refractivity contribution in [3.8, 4) is 6.07 Å². The molecule has 0 saturated carbocycles. The molecule has 2 aromatic rings. The van der Waals surface area contributed by atoms with Crippen LogP contribution in [0.2, 0.25) is 0 Å². The molecule has 1 aromatic heterocycles. The minimum atomic E-state index is -0.447. The van der Waals surface area contributed by atoms with Gasteiger partial charge in [-0.15, -0.1) is 11.3 Å². The lowest BCUT2D eigenvalue weighted by molar-refractivity contribution is 0.00578. The van der Waals surface area contributed by atoms with Crippen LogP contribution in [0.4, 0.5) is 0 Å². The normalized spacial score (nSPS) is 20.2. The summed E-state index contributed by atoms with van der Waals surface area (Å²) < 4.78 is 13.1. The molecule has 3 rings (SSSR count). The Labute approximate surface area is 122 Å². The molecule has 0 spiro atoms. The lowest BCUT2D eigenvalue weighted by Crippen LogP contribution is -2.41. The zero-order valence-electron chi connectivity index (χ0n) is 11.9. The number of hydrogen-bond donors (Lipinski definition) is 0. The first-order valence-corrected chi connectivity index (χ1v) is 7.31. The van der Waals surface area contributed by atoms with Crippen molar-refractivity contribution in [2.75, 3.05) is 0 Å². The topological polar surface area (TPSA) is 55.1 Å². The van der Waals surface area contributed by atoms with Crippen LogP contribution in [0, 0.1) is 11.3 Å². The van der Waals surface area contributed by atoms with E-state index in [2.05, 4.69) is 11.1 Å². The Morgan fingerprint density at radius 1 is 1.20 bits per heavy atom. The molecule has 102 valence electrons. The molecule has 0 N–H and O–H groups in total. The second kappa shape index (κ2) is 4.29. The summed E-state index contributed by atoms with van der Waals surface area (Å²) in [6.07, 6.45) is 0. The van der Waals surface area contributed by atoms with E-state index < -0.39 is 7.12 Å². The fourth-order valence-corrected chi connectivity index (χ4v) is 2.98. The van der Waals surface area contributed by atoms with E-state index in [0.29, 0.717) is 5.01 Å². The number of para-hydroxylation sites is 1. The van der Waals surface area contributed by atoms with Crippen molar-refractivity contribution in [1.82, 2.24) is 4.98 Å². The Kier molecular flexibility index (Phi) is 2.91. The number of rotatable bonds is 1. The Morgan fingerprint density at radius 3 is 2.45 bits per heavy atom. The average Bonchev–Trinajstić information content (AvgIpc) is 2.87. The molecule has 0 unspecified atom stereocenters. The molecule has 0 bridgehead atoms. The van der Waals surface area contributed by atoms with Gasteiger partial charge in [-0.25, -0.2) is 4.98 Å². The first-order valence-electron chi connectivity index (χ1n) is 6.49. The Morgan fingerprint density at radius 2 is 1.85 bits per heavy atom. The minimum absolute atomic E-state index is 0.381. The van der Waals surface area contributed by atoms with Gasteiger partial charge in [-0.3, -0.25) is 0 Å². The maximum absolute atomic E-state index is 9.00. The molecular weight excluding hydrogens is 271 g/mol. The van der Waals surface area contributed by atoms with Crippen molar-refractivity contribution in [1.29, 1.82) is 5.26 Å². The molecule has 0 atom stereocenters. The van der Waals surface area contributed by atoms with Crippen molar-refractivity contribution in [2.24, 2.45) is 0 Å². The highest BCUT2D eigenvalue weighted by Crippen LogP contribution is 2.37. The van der Waals surface area contributed by atoms with Crippen molar-refractivity contribution in [3.05, 3.63) is 23.2 Å². The summed E-state index contributed by atoms with van der Waals surface area (Å²) in [6.45, 7) is 8.09. The number of aromatic nitrogens is 1. The third kappa shape index (κ3) is 1.94. The van der Waals surface area contributed by atoms with E-state index in [0.717, 1.165) is 15.7 Å². The molecule has 1 aliphatic heterocycles. The third-order valence-corrected chi connectivity index (χ3v) is 4.98. The average molecular weight is 286 g/mol. The highest BCUT2D eigenvalue weighted by molar-refractivity contribution is 7.19. The van der Waals surface area contributed by atoms with Gasteiger partial charge in [-0.2, -0.15) is 5.26 Å². The van der Waals surface area contributed by atoms with E-state index in [1.165, 1.54) is 11.3 Å². The molecule has 1 aliphatic rings. The second-order valence-corrected chi connectivity index (χ2v) is 6.94. The van der Waals surface area contributed by atoms with E-state index in [-0.39, 0.29) is 11.2 Å². The highest BCUT2D eigenvalue weighted by Gasteiger charge is 2.52. The number of fused-ring (bicyclic) bond motifs is 1. The molecule has 4 nitrogen and oxygen atoms in total. The number of thiazole rings is 1. The Bertz CT molecular complexity index is 702. The van der Waals surface area contributed by atoms with Gasteiger partial charge in [0.2, 0.25) is 0 Å². The van der Waals surface area contributed by atoms with Crippen LogP contribution < -0.4 is 5.46 Å². The Balaban J connectivity index is 2.08. The molecule has 0 radical (unpaired) electrons. The number of hydrogen-bond acceptors (Lipinski definition) is 5. The molecule has 2 heterocycles. The zero-order valence-corrected chi connectivity index (χ0v) is 12.7. The molecule has 0 aliphatic carbocycles. The summed E-state index contributed by atoms with van der Waals surface area (Å²) in [5, 5.41) is 9.46. The zero-order chi connectivity index (χ0) is 14.5. The fourth-order valence-electron chi connectivity index (χ4n) is 2.18. The monoisotopic (exact) mass is 286 g/mol. The Hall–Kier alpha value is -1.42. The van der Waals surface area contributed by atoms with E-state index >= 15 is 0 Å². The van der Waals surface area contributed by atoms with Crippen LogP contribution in [-0.2, 0) is 9.31 Å². The van der Waals surface area contributed by atoms with Crippen molar-refractivity contribution >= 4 is 34.1 Å². The highest BCUT2D eigenvalue weighted by atomic mass is 32.1.